The molecule has 1 amide bonds. The first-order valence-electron chi connectivity index (χ1n) is 8.39. The van der Waals surface area contributed by atoms with Gasteiger partial charge in [0.1, 0.15) is 0 Å². The number of aromatic nitrogens is 2. The summed E-state index contributed by atoms with van der Waals surface area (Å²) in [6.07, 6.45) is 6.00. The van der Waals surface area contributed by atoms with Gasteiger partial charge >= 0.3 is 0 Å². The summed E-state index contributed by atoms with van der Waals surface area (Å²) in [7, 11) is 0. The standard InChI is InChI=1S/C19H19BrN4O/c1-11-8-21-17-16(11)15(19(25)23-9-12-5-6-12)10-22-18(17)24-14-4-2-3-13(20)7-14/h2-4,7-8,10,12,21H,5-6,9H2,1H3,(H,22,24)(H,23,25). The van der Waals surface area contributed by atoms with Crippen molar-refractivity contribution in [1.82, 2.24) is 15.3 Å². The second kappa shape index (κ2) is 6.52. The number of aromatic amines is 1. The van der Waals surface area contributed by atoms with E-state index >= 15 is 0 Å². The van der Waals surface area contributed by atoms with E-state index in [2.05, 4.69) is 36.5 Å². The number of pyridine rings is 1. The number of halogens is 1. The van der Waals surface area contributed by atoms with Crippen LogP contribution in [0, 0.1) is 12.8 Å². The van der Waals surface area contributed by atoms with Crippen LogP contribution >= 0.6 is 15.9 Å². The SMILES string of the molecule is Cc1c[nH]c2c(Nc3cccc(Br)c3)ncc(C(=O)NCC3CC3)c12. The zero-order valence-corrected chi connectivity index (χ0v) is 15.5. The molecule has 0 aliphatic heterocycles. The number of rotatable bonds is 5. The van der Waals surface area contributed by atoms with Crippen molar-refractivity contribution in [2.75, 3.05) is 11.9 Å². The zero-order chi connectivity index (χ0) is 17.4. The minimum absolute atomic E-state index is 0.0545. The maximum Gasteiger partial charge on any atom is 0.253 e. The third kappa shape index (κ3) is 3.39. The van der Waals surface area contributed by atoms with Crippen molar-refractivity contribution < 1.29 is 4.79 Å². The molecule has 0 radical (unpaired) electrons. The van der Waals surface area contributed by atoms with Crippen LogP contribution in [0.1, 0.15) is 28.8 Å². The highest BCUT2D eigenvalue weighted by molar-refractivity contribution is 9.10. The van der Waals surface area contributed by atoms with Crippen molar-refractivity contribution in [3.05, 3.63) is 52.3 Å². The Labute approximate surface area is 154 Å². The highest BCUT2D eigenvalue weighted by Gasteiger charge is 2.23. The Balaban J connectivity index is 1.68. The molecular formula is C19H19BrN4O. The van der Waals surface area contributed by atoms with Gasteiger partial charge < -0.3 is 15.6 Å². The van der Waals surface area contributed by atoms with Crippen LogP contribution in [0.15, 0.2) is 41.1 Å². The molecule has 0 unspecified atom stereocenters. The van der Waals surface area contributed by atoms with Gasteiger partial charge in [-0.2, -0.15) is 0 Å². The van der Waals surface area contributed by atoms with Crippen molar-refractivity contribution in [2.24, 2.45) is 5.92 Å². The molecule has 0 atom stereocenters. The second-order valence-corrected chi connectivity index (χ2v) is 7.45. The normalized spacial score (nSPS) is 13.8. The summed E-state index contributed by atoms with van der Waals surface area (Å²) in [6, 6.07) is 7.90. The molecule has 128 valence electrons. The minimum atomic E-state index is -0.0545. The van der Waals surface area contributed by atoms with Gasteiger partial charge in [-0.3, -0.25) is 4.79 Å². The van der Waals surface area contributed by atoms with Crippen LogP contribution in [0.25, 0.3) is 10.9 Å². The summed E-state index contributed by atoms with van der Waals surface area (Å²) in [6.45, 7) is 2.75. The number of anilines is 2. The topological polar surface area (TPSA) is 69.8 Å². The Hall–Kier alpha value is -2.34. The van der Waals surface area contributed by atoms with Crippen LogP contribution in [0.3, 0.4) is 0 Å². The molecule has 0 bridgehead atoms. The molecule has 0 spiro atoms. The molecule has 2 heterocycles. The van der Waals surface area contributed by atoms with Gasteiger partial charge in [0, 0.05) is 34.5 Å². The number of carbonyl (C=O) groups excluding carboxylic acids is 1. The van der Waals surface area contributed by atoms with E-state index in [-0.39, 0.29) is 5.91 Å². The highest BCUT2D eigenvalue weighted by atomic mass is 79.9. The fourth-order valence-electron chi connectivity index (χ4n) is 2.94. The van der Waals surface area contributed by atoms with Gasteiger partial charge in [-0.1, -0.05) is 22.0 Å². The molecule has 0 saturated heterocycles. The van der Waals surface area contributed by atoms with Gasteiger partial charge in [0.05, 0.1) is 11.1 Å². The molecule has 1 aromatic carbocycles. The number of nitrogens with zero attached hydrogens (tertiary/aromatic N) is 1. The van der Waals surface area contributed by atoms with Crippen LogP contribution in [-0.4, -0.2) is 22.4 Å². The lowest BCUT2D eigenvalue weighted by molar-refractivity contribution is 0.0953. The molecule has 3 N–H and O–H groups in total. The summed E-state index contributed by atoms with van der Waals surface area (Å²) in [4.78, 5) is 20.3. The predicted octanol–water partition coefficient (Wildman–Crippen LogP) is 4.52. The van der Waals surface area contributed by atoms with Crippen molar-refractivity contribution >= 4 is 44.2 Å². The van der Waals surface area contributed by atoms with Crippen molar-refractivity contribution in [3.8, 4) is 0 Å². The van der Waals surface area contributed by atoms with E-state index in [1.165, 1.54) is 12.8 Å². The van der Waals surface area contributed by atoms with Crippen LogP contribution in [-0.2, 0) is 0 Å². The lowest BCUT2D eigenvalue weighted by Crippen LogP contribution is -2.26. The Morgan fingerprint density at radius 2 is 2.24 bits per heavy atom. The maximum atomic E-state index is 12.6. The molecule has 1 saturated carbocycles. The molecular weight excluding hydrogens is 380 g/mol. The van der Waals surface area contributed by atoms with E-state index < -0.39 is 0 Å². The van der Waals surface area contributed by atoms with Crippen LogP contribution < -0.4 is 10.6 Å². The second-order valence-electron chi connectivity index (χ2n) is 6.53. The minimum Gasteiger partial charge on any atom is -0.358 e. The number of H-pyrrole nitrogens is 1. The van der Waals surface area contributed by atoms with Gasteiger partial charge in [0.15, 0.2) is 5.82 Å². The number of fused-ring (bicyclic) bond motifs is 1. The largest absolute Gasteiger partial charge is 0.358 e. The Kier molecular flexibility index (Phi) is 4.21. The van der Waals surface area contributed by atoms with Crippen LogP contribution in [0.5, 0.6) is 0 Å². The van der Waals surface area contributed by atoms with E-state index in [4.69, 9.17) is 0 Å². The number of hydrogen-bond acceptors (Lipinski definition) is 3. The Morgan fingerprint density at radius 1 is 1.40 bits per heavy atom. The summed E-state index contributed by atoms with van der Waals surface area (Å²) in [5, 5.41) is 7.27. The van der Waals surface area contributed by atoms with Crippen molar-refractivity contribution in [2.45, 2.75) is 19.8 Å². The first kappa shape index (κ1) is 16.1. The molecule has 5 nitrogen and oxygen atoms in total. The first-order chi connectivity index (χ1) is 12.1. The molecule has 4 rings (SSSR count). The predicted molar refractivity (Wildman–Crippen MR) is 103 cm³/mol. The number of amides is 1. The summed E-state index contributed by atoms with van der Waals surface area (Å²) in [5.74, 6) is 1.30. The molecule has 2 aromatic heterocycles. The van der Waals surface area contributed by atoms with Gasteiger partial charge in [0.2, 0.25) is 0 Å². The quantitative estimate of drug-likeness (QED) is 0.591. The first-order valence-corrected chi connectivity index (χ1v) is 9.18. The smallest absolute Gasteiger partial charge is 0.253 e. The average molecular weight is 399 g/mol. The fourth-order valence-corrected chi connectivity index (χ4v) is 3.34. The number of nitrogens with one attached hydrogen (secondary N) is 3. The lowest BCUT2D eigenvalue weighted by Gasteiger charge is -2.11. The zero-order valence-electron chi connectivity index (χ0n) is 13.9. The Morgan fingerprint density at radius 3 is 3.00 bits per heavy atom. The molecule has 1 aliphatic carbocycles. The number of carbonyl (C=O) groups is 1. The van der Waals surface area contributed by atoms with Gasteiger partial charge in [-0.25, -0.2) is 4.98 Å². The molecule has 3 aromatic rings. The average Bonchev–Trinajstić information content (AvgIpc) is 3.35. The van der Waals surface area contributed by atoms with Gasteiger partial charge in [-0.05, 0) is 49.4 Å². The van der Waals surface area contributed by atoms with Crippen molar-refractivity contribution in [3.63, 3.8) is 0 Å². The van der Waals surface area contributed by atoms with Gasteiger partial charge in [0.25, 0.3) is 5.91 Å². The van der Waals surface area contributed by atoms with E-state index in [9.17, 15) is 4.79 Å². The molecule has 25 heavy (non-hydrogen) atoms. The lowest BCUT2D eigenvalue weighted by atomic mass is 10.1. The summed E-state index contributed by atoms with van der Waals surface area (Å²) < 4.78 is 0.993. The van der Waals surface area contributed by atoms with E-state index in [1.54, 1.807) is 6.20 Å². The van der Waals surface area contributed by atoms with Crippen LogP contribution in [0.2, 0.25) is 0 Å². The summed E-state index contributed by atoms with van der Waals surface area (Å²) >= 11 is 3.47. The maximum absolute atomic E-state index is 12.6. The Bertz CT molecular complexity index is 946. The monoisotopic (exact) mass is 398 g/mol. The third-order valence-corrected chi connectivity index (χ3v) is 4.98. The molecule has 1 fully saturated rings. The van der Waals surface area contributed by atoms with E-state index in [0.717, 1.165) is 33.2 Å². The van der Waals surface area contributed by atoms with E-state index in [0.29, 0.717) is 17.3 Å². The highest BCUT2D eigenvalue weighted by Crippen LogP contribution is 2.30. The number of benzene rings is 1. The number of aryl methyl sites for hydroxylation is 1. The van der Waals surface area contributed by atoms with Crippen LogP contribution in [0.4, 0.5) is 11.5 Å². The van der Waals surface area contributed by atoms with Gasteiger partial charge in [-0.15, -0.1) is 0 Å². The third-order valence-electron chi connectivity index (χ3n) is 4.49. The molecule has 1 aliphatic rings. The fraction of sp³-hybridized carbons (Fsp3) is 0.263. The van der Waals surface area contributed by atoms with Crippen molar-refractivity contribution in [1.29, 1.82) is 0 Å². The summed E-state index contributed by atoms with van der Waals surface area (Å²) in [5.41, 5.74) is 3.43. The molecule has 6 heteroatoms. The van der Waals surface area contributed by atoms with E-state index in [1.807, 2.05) is 37.4 Å². The number of hydrogen-bond donors (Lipinski definition) is 3.